The molecule has 0 aliphatic heterocycles. The van der Waals surface area contributed by atoms with Crippen LogP contribution < -0.4 is 0 Å². The Hall–Kier alpha value is -8.08. The van der Waals surface area contributed by atoms with E-state index in [0.29, 0.717) is 29.0 Å². The van der Waals surface area contributed by atoms with Crippen LogP contribution in [0.1, 0.15) is 105 Å². The summed E-state index contributed by atoms with van der Waals surface area (Å²) in [6.07, 6.45) is 0. The van der Waals surface area contributed by atoms with E-state index in [-0.39, 0.29) is 21.7 Å². The fourth-order valence-electron chi connectivity index (χ4n) is 9.43. The molecule has 0 unspecified atom stereocenters. The molecule has 0 saturated carbocycles. The Morgan fingerprint density at radius 2 is 0.808 bits per heavy atom. The topological polar surface area (TPSA) is 73.7 Å². The minimum absolute atomic E-state index is 0.142. The maximum Gasteiger partial charge on any atom is 0.188 e. The largest absolute Gasteiger partial charge is 0.309 e. The zero-order chi connectivity index (χ0) is 51.6. The van der Waals surface area contributed by atoms with E-state index in [9.17, 15) is 0 Å². The summed E-state index contributed by atoms with van der Waals surface area (Å²) < 4.78 is 2.29. The molecule has 0 spiro atoms. The molecule has 0 saturated heterocycles. The van der Waals surface area contributed by atoms with Gasteiger partial charge in [0.2, 0.25) is 0 Å². The molecule has 73 heavy (non-hydrogen) atoms. The first-order valence-electron chi connectivity index (χ1n) is 25.3. The predicted molar refractivity (Wildman–Crippen MR) is 303 cm³/mol. The SMILES string of the molecule is [C-]#[N+]c1ccc2c(c1)c1ccccc1n2-c1ccc(-c2cc(-c3ccccc3)nc(-c3ccccc3)n2)cc1-c1nc(-c2cc(C(C)(C)C)cc(C(C)(C)C)c2)nc(-c2cc(C(C)(C)C)cc(C(C)(C)C)c2)n1. The third-order valence-corrected chi connectivity index (χ3v) is 13.9. The number of hydrogen-bond acceptors (Lipinski definition) is 5. The summed E-state index contributed by atoms with van der Waals surface area (Å²) in [6.45, 7) is 35.1. The first-order chi connectivity index (χ1) is 34.6. The quantitative estimate of drug-likeness (QED) is 0.149. The van der Waals surface area contributed by atoms with E-state index in [1.807, 2.05) is 48.5 Å². The van der Waals surface area contributed by atoms with E-state index in [1.165, 1.54) is 22.3 Å². The molecule has 10 rings (SSSR count). The van der Waals surface area contributed by atoms with Crippen LogP contribution in [0.2, 0.25) is 0 Å². The number of hydrogen-bond donors (Lipinski definition) is 0. The molecule has 0 aliphatic rings. The van der Waals surface area contributed by atoms with Crippen LogP contribution in [-0.2, 0) is 21.7 Å². The molecule has 0 atom stereocenters. The molecule has 7 heteroatoms. The zero-order valence-corrected chi connectivity index (χ0v) is 44.2. The van der Waals surface area contributed by atoms with Crippen LogP contribution in [-0.4, -0.2) is 29.5 Å². The molecule has 3 aromatic heterocycles. The van der Waals surface area contributed by atoms with Crippen LogP contribution in [0.15, 0.2) is 164 Å². The van der Waals surface area contributed by atoms with E-state index in [2.05, 4.69) is 208 Å². The van der Waals surface area contributed by atoms with Gasteiger partial charge in [0, 0.05) is 38.8 Å². The van der Waals surface area contributed by atoms with Crippen LogP contribution in [0.25, 0.3) is 100 Å². The molecule has 7 nitrogen and oxygen atoms in total. The average Bonchev–Trinajstić information content (AvgIpc) is 3.70. The Labute approximate surface area is 431 Å². The Kier molecular flexibility index (Phi) is 12.1. The van der Waals surface area contributed by atoms with Crippen LogP contribution >= 0.6 is 0 Å². The van der Waals surface area contributed by atoms with Gasteiger partial charge in [-0.3, -0.25) is 0 Å². The van der Waals surface area contributed by atoms with Gasteiger partial charge in [-0.2, -0.15) is 0 Å². The number of nitrogens with zero attached hydrogens (tertiary/aromatic N) is 7. The second-order valence-electron chi connectivity index (χ2n) is 23.5. The molecular weight excluding hydrogens is 891 g/mol. The van der Waals surface area contributed by atoms with Gasteiger partial charge in [-0.1, -0.05) is 186 Å². The lowest BCUT2D eigenvalue weighted by Crippen LogP contribution is -2.17. The van der Waals surface area contributed by atoms with Gasteiger partial charge in [0.1, 0.15) is 0 Å². The van der Waals surface area contributed by atoms with Gasteiger partial charge in [0.15, 0.2) is 29.0 Å². The van der Waals surface area contributed by atoms with Crippen molar-refractivity contribution in [3.63, 3.8) is 0 Å². The lowest BCUT2D eigenvalue weighted by molar-refractivity contribution is 0.568. The standard InChI is InChI=1S/C66H63N7/c1-63(2,3)46-32-44(33-47(37-46)64(4,5)6)60-70-61(45-34-48(65(7,8)9)38-49(35-45)66(10,11)12)72-62(71-60)53-36-43(55-40-54(41-22-16-14-17-23-41)68-59(69-55)42-24-18-15-19-25-42)28-30-58(53)73-56-27-21-20-26-51(56)52-39-50(67-13)29-31-57(52)73/h14-40H,1-12H3. The van der Waals surface area contributed by atoms with E-state index >= 15 is 0 Å². The second-order valence-corrected chi connectivity index (χ2v) is 23.5. The number of aromatic nitrogens is 6. The van der Waals surface area contributed by atoms with Crippen molar-refractivity contribution in [1.29, 1.82) is 0 Å². The number of rotatable bonds is 7. The summed E-state index contributed by atoms with van der Waals surface area (Å²) in [4.78, 5) is 31.0. The first-order valence-corrected chi connectivity index (χ1v) is 25.3. The van der Waals surface area contributed by atoms with E-state index in [4.69, 9.17) is 31.5 Å². The second kappa shape index (κ2) is 18.2. The van der Waals surface area contributed by atoms with Gasteiger partial charge in [0.05, 0.1) is 34.7 Å². The first kappa shape index (κ1) is 48.5. The van der Waals surface area contributed by atoms with Gasteiger partial charge in [0.25, 0.3) is 0 Å². The Morgan fingerprint density at radius 1 is 0.356 bits per heavy atom. The van der Waals surface area contributed by atoms with Crippen LogP contribution in [0.4, 0.5) is 5.69 Å². The highest BCUT2D eigenvalue weighted by atomic mass is 15.1. The number of benzene rings is 7. The molecule has 0 radical (unpaired) electrons. The normalized spacial score (nSPS) is 12.4. The lowest BCUT2D eigenvalue weighted by Gasteiger charge is -2.26. The van der Waals surface area contributed by atoms with Crippen molar-refractivity contribution in [2.24, 2.45) is 0 Å². The average molecular weight is 954 g/mol. The third kappa shape index (κ3) is 9.70. The summed E-state index contributed by atoms with van der Waals surface area (Å²) in [5.74, 6) is 2.34. The van der Waals surface area contributed by atoms with Crippen LogP contribution in [0.3, 0.4) is 0 Å². The van der Waals surface area contributed by atoms with Crippen molar-refractivity contribution in [2.45, 2.75) is 105 Å². The monoisotopic (exact) mass is 954 g/mol. The van der Waals surface area contributed by atoms with Crippen molar-refractivity contribution < 1.29 is 0 Å². The summed E-state index contributed by atoms with van der Waals surface area (Å²) >= 11 is 0. The zero-order valence-electron chi connectivity index (χ0n) is 44.2. The van der Waals surface area contributed by atoms with Gasteiger partial charge >= 0.3 is 0 Å². The summed E-state index contributed by atoms with van der Waals surface area (Å²) in [6, 6.07) is 57.1. The third-order valence-electron chi connectivity index (χ3n) is 13.9. The van der Waals surface area contributed by atoms with E-state index < -0.39 is 0 Å². The maximum atomic E-state index is 7.95. The molecular formula is C66H63N7. The van der Waals surface area contributed by atoms with Gasteiger partial charge in [-0.15, -0.1) is 0 Å². The Morgan fingerprint density at radius 3 is 1.33 bits per heavy atom. The van der Waals surface area contributed by atoms with Crippen molar-refractivity contribution in [1.82, 2.24) is 29.5 Å². The minimum Gasteiger partial charge on any atom is -0.309 e. The predicted octanol–water partition coefficient (Wildman–Crippen LogP) is 17.5. The molecule has 0 aliphatic carbocycles. The smallest absolute Gasteiger partial charge is 0.188 e. The fraction of sp³-hybridized carbons (Fsp3) is 0.242. The highest BCUT2D eigenvalue weighted by Crippen LogP contribution is 2.42. The number of para-hydroxylation sites is 1. The van der Waals surface area contributed by atoms with Crippen molar-refractivity contribution >= 4 is 27.5 Å². The fourth-order valence-corrected chi connectivity index (χ4v) is 9.43. The lowest BCUT2D eigenvalue weighted by atomic mass is 9.79. The van der Waals surface area contributed by atoms with Crippen molar-refractivity contribution in [3.8, 4) is 73.8 Å². The molecule has 0 N–H and O–H groups in total. The molecule has 0 fully saturated rings. The Bertz CT molecular complexity index is 3560. The van der Waals surface area contributed by atoms with E-state index in [0.717, 1.165) is 72.3 Å². The van der Waals surface area contributed by atoms with E-state index in [1.54, 1.807) is 0 Å². The van der Waals surface area contributed by atoms with Crippen molar-refractivity contribution in [3.05, 3.63) is 197 Å². The molecule has 3 heterocycles. The van der Waals surface area contributed by atoms with Gasteiger partial charge < -0.3 is 4.57 Å². The minimum atomic E-state index is -0.142. The maximum absolute atomic E-state index is 7.95. The highest BCUT2D eigenvalue weighted by Gasteiger charge is 2.27. The molecule has 7 aromatic carbocycles. The highest BCUT2D eigenvalue weighted by molar-refractivity contribution is 6.11. The van der Waals surface area contributed by atoms with Crippen LogP contribution in [0.5, 0.6) is 0 Å². The van der Waals surface area contributed by atoms with Crippen molar-refractivity contribution in [2.75, 3.05) is 0 Å². The summed E-state index contributed by atoms with van der Waals surface area (Å²) in [5, 5.41) is 2.04. The van der Waals surface area contributed by atoms with Gasteiger partial charge in [-0.25, -0.2) is 29.8 Å². The molecule has 10 aromatic rings. The van der Waals surface area contributed by atoms with Gasteiger partial charge in [-0.05, 0) is 110 Å². The van der Waals surface area contributed by atoms with Crippen LogP contribution in [0, 0.1) is 6.57 Å². The summed E-state index contributed by atoms with van der Waals surface area (Å²) in [5.41, 5.74) is 14.8. The summed E-state index contributed by atoms with van der Waals surface area (Å²) in [7, 11) is 0. The molecule has 0 amide bonds. The molecule has 0 bridgehead atoms. The molecule has 362 valence electrons. The number of fused-ring (bicyclic) bond motifs is 3. The Balaban J connectivity index is 1.33.